The van der Waals surface area contributed by atoms with Gasteiger partial charge in [-0.3, -0.25) is 4.90 Å². The highest BCUT2D eigenvalue weighted by molar-refractivity contribution is 5.16. The molecule has 3 heteroatoms. The van der Waals surface area contributed by atoms with Gasteiger partial charge in [-0.25, -0.2) is 4.39 Å². The molecule has 0 radical (unpaired) electrons. The van der Waals surface area contributed by atoms with Crippen LogP contribution in [0.1, 0.15) is 19.4 Å². The van der Waals surface area contributed by atoms with Crippen molar-refractivity contribution in [2.75, 3.05) is 26.2 Å². The molecule has 0 aromatic heterocycles. The number of rotatable bonds is 4. The number of nitrogens with zero attached hydrogens (tertiary/aromatic N) is 1. The lowest BCUT2D eigenvalue weighted by Crippen LogP contribution is -2.53. The van der Waals surface area contributed by atoms with Crippen molar-refractivity contribution in [3.63, 3.8) is 0 Å². The van der Waals surface area contributed by atoms with E-state index in [0.29, 0.717) is 12.0 Å². The maximum Gasteiger partial charge on any atom is 0.123 e. The molecule has 1 N–H and O–H groups in total. The Morgan fingerprint density at radius 1 is 1.44 bits per heavy atom. The fourth-order valence-corrected chi connectivity index (χ4v) is 2.67. The van der Waals surface area contributed by atoms with Crippen molar-refractivity contribution < 1.29 is 4.39 Å². The third-order valence-electron chi connectivity index (χ3n) is 3.74. The molecular formula is C15H23FN2. The van der Waals surface area contributed by atoms with Crippen LogP contribution in [0.2, 0.25) is 0 Å². The van der Waals surface area contributed by atoms with E-state index in [2.05, 4.69) is 24.1 Å². The van der Waals surface area contributed by atoms with Crippen LogP contribution < -0.4 is 5.32 Å². The maximum atomic E-state index is 13.1. The summed E-state index contributed by atoms with van der Waals surface area (Å²) in [5, 5.41) is 3.45. The van der Waals surface area contributed by atoms with E-state index in [1.54, 1.807) is 12.1 Å². The number of hydrogen-bond donors (Lipinski definition) is 1. The Morgan fingerprint density at radius 3 is 3.00 bits per heavy atom. The molecule has 1 aliphatic rings. The Hall–Kier alpha value is -0.930. The van der Waals surface area contributed by atoms with Gasteiger partial charge in [0.1, 0.15) is 5.82 Å². The first-order valence-electron chi connectivity index (χ1n) is 6.86. The minimum absolute atomic E-state index is 0.131. The summed E-state index contributed by atoms with van der Waals surface area (Å²) in [6.45, 7) is 8.79. The molecule has 0 spiro atoms. The summed E-state index contributed by atoms with van der Waals surface area (Å²) < 4.78 is 13.1. The van der Waals surface area contributed by atoms with Crippen molar-refractivity contribution in [2.24, 2.45) is 5.92 Å². The lowest BCUT2D eigenvalue weighted by Gasteiger charge is -2.38. The van der Waals surface area contributed by atoms with Gasteiger partial charge in [-0.05, 0) is 30.0 Å². The van der Waals surface area contributed by atoms with Crippen LogP contribution in [0.25, 0.3) is 0 Å². The van der Waals surface area contributed by atoms with Gasteiger partial charge in [0.05, 0.1) is 0 Å². The van der Waals surface area contributed by atoms with Crippen LogP contribution in [0.3, 0.4) is 0 Å². The number of piperazine rings is 1. The molecule has 1 fully saturated rings. The van der Waals surface area contributed by atoms with E-state index in [9.17, 15) is 4.39 Å². The zero-order chi connectivity index (χ0) is 13.0. The lowest BCUT2D eigenvalue weighted by atomic mass is 10.00. The molecule has 1 aliphatic heterocycles. The van der Waals surface area contributed by atoms with Gasteiger partial charge in [0.15, 0.2) is 0 Å². The van der Waals surface area contributed by atoms with Crippen molar-refractivity contribution in [1.29, 1.82) is 0 Å². The van der Waals surface area contributed by atoms with Crippen LogP contribution in [0.4, 0.5) is 4.39 Å². The van der Waals surface area contributed by atoms with Gasteiger partial charge in [0.25, 0.3) is 0 Å². The molecule has 0 bridgehead atoms. The molecule has 2 rings (SSSR count). The molecule has 1 heterocycles. The Bertz CT molecular complexity index is 379. The van der Waals surface area contributed by atoms with E-state index in [1.165, 1.54) is 6.07 Å². The number of hydrogen-bond acceptors (Lipinski definition) is 2. The van der Waals surface area contributed by atoms with Gasteiger partial charge in [0, 0.05) is 32.2 Å². The maximum absolute atomic E-state index is 13.1. The van der Waals surface area contributed by atoms with E-state index in [4.69, 9.17) is 0 Å². The third-order valence-corrected chi connectivity index (χ3v) is 3.74. The molecule has 18 heavy (non-hydrogen) atoms. The summed E-state index contributed by atoms with van der Waals surface area (Å²) in [5.41, 5.74) is 1.09. The first-order chi connectivity index (χ1) is 8.66. The number of halogens is 1. The highest BCUT2D eigenvalue weighted by Gasteiger charge is 2.24. The van der Waals surface area contributed by atoms with E-state index in [-0.39, 0.29) is 5.82 Å². The van der Waals surface area contributed by atoms with E-state index in [0.717, 1.165) is 38.2 Å². The Morgan fingerprint density at radius 2 is 2.28 bits per heavy atom. The minimum Gasteiger partial charge on any atom is -0.314 e. The van der Waals surface area contributed by atoms with Gasteiger partial charge >= 0.3 is 0 Å². The second-order valence-corrected chi connectivity index (χ2v) is 5.43. The third kappa shape index (κ3) is 3.53. The smallest absolute Gasteiger partial charge is 0.123 e. The molecule has 1 atom stereocenters. The van der Waals surface area contributed by atoms with Gasteiger partial charge in [-0.2, -0.15) is 0 Å². The zero-order valence-electron chi connectivity index (χ0n) is 11.3. The predicted octanol–water partition coefficient (Wildman–Crippen LogP) is 2.30. The van der Waals surface area contributed by atoms with Crippen molar-refractivity contribution in [3.8, 4) is 0 Å². The highest BCUT2D eigenvalue weighted by atomic mass is 19.1. The van der Waals surface area contributed by atoms with Crippen molar-refractivity contribution in [2.45, 2.75) is 26.3 Å². The summed E-state index contributed by atoms with van der Waals surface area (Å²) in [4.78, 5) is 2.53. The quantitative estimate of drug-likeness (QED) is 0.882. The van der Waals surface area contributed by atoms with E-state index in [1.807, 2.05) is 6.07 Å². The van der Waals surface area contributed by atoms with E-state index >= 15 is 0 Å². The molecule has 0 aliphatic carbocycles. The molecule has 1 aromatic carbocycles. The van der Waals surface area contributed by atoms with Crippen LogP contribution in [0.15, 0.2) is 24.3 Å². The average molecular weight is 250 g/mol. The van der Waals surface area contributed by atoms with E-state index < -0.39 is 0 Å². The lowest BCUT2D eigenvalue weighted by molar-refractivity contribution is 0.126. The Kier molecular flexibility index (Phi) is 4.72. The number of nitrogens with one attached hydrogen (secondary N) is 1. The summed E-state index contributed by atoms with van der Waals surface area (Å²) >= 11 is 0. The molecule has 2 nitrogen and oxygen atoms in total. The number of benzene rings is 1. The van der Waals surface area contributed by atoms with Crippen LogP contribution in [-0.4, -0.2) is 37.1 Å². The fraction of sp³-hybridized carbons (Fsp3) is 0.600. The molecule has 0 saturated carbocycles. The Labute approximate surface area is 109 Å². The molecule has 1 unspecified atom stereocenters. The minimum atomic E-state index is -0.131. The SMILES string of the molecule is CC(C)C1CNCCN1CCc1cccc(F)c1. The summed E-state index contributed by atoms with van der Waals surface area (Å²) in [7, 11) is 0. The molecule has 0 amide bonds. The monoisotopic (exact) mass is 250 g/mol. The summed E-state index contributed by atoms with van der Waals surface area (Å²) in [6.07, 6.45) is 0.932. The fourth-order valence-electron chi connectivity index (χ4n) is 2.67. The molecule has 1 aromatic rings. The first-order valence-corrected chi connectivity index (χ1v) is 6.86. The standard InChI is InChI=1S/C15H23FN2/c1-12(2)15-11-17-7-9-18(15)8-6-13-4-3-5-14(16)10-13/h3-5,10,12,15,17H,6-9,11H2,1-2H3. The van der Waals surface area contributed by atoms with Crippen LogP contribution in [-0.2, 0) is 6.42 Å². The normalized spacial score (nSPS) is 21.4. The van der Waals surface area contributed by atoms with Gasteiger partial charge < -0.3 is 5.32 Å². The zero-order valence-corrected chi connectivity index (χ0v) is 11.3. The molecule has 1 saturated heterocycles. The van der Waals surface area contributed by atoms with Gasteiger partial charge in [0.2, 0.25) is 0 Å². The predicted molar refractivity (Wildman–Crippen MR) is 73.2 cm³/mol. The molecule has 100 valence electrons. The molecular weight excluding hydrogens is 227 g/mol. The van der Waals surface area contributed by atoms with Crippen LogP contribution in [0, 0.1) is 11.7 Å². The second kappa shape index (κ2) is 6.30. The summed E-state index contributed by atoms with van der Waals surface area (Å²) in [5.74, 6) is 0.526. The van der Waals surface area contributed by atoms with Gasteiger partial charge in [-0.1, -0.05) is 26.0 Å². The van der Waals surface area contributed by atoms with Crippen molar-refractivity contribution in [1.82, 2.24) is 10.2 Å². The van der Waals surface area contributed by atoms with Crippen molar-refractivity contribution >= 4 is 0 Å². The average Bonchev–Trinajstić information content (AvgIpc) is 2.37. The van der Waals surface area contributed by atoms with Crippen LogP contribution >= 0.6 is 0 Å². The second-order valence-electron chi connectivity index (χ2n) is 5.43. The van der Waals surface area contributed by atoms with Crippen molar-refractivity contribution in [3.05, 3.63) is 35.6 Å². The van der Waals surface area contributed by atoms with Crippen LogP contribution in [0.5, 0.6) is 0 Å². The highest BCUT2D eigenvalue weighted by Crippen LogP contribution is 2.14. The first kappa shape index (κ1) is 13.5. The largest absolute Gasteiger partial charge is 0.314 e. The topological polar surface area (TPSA) is 15.3 Å². The Balaban J connectivity index is 1.91. The van der Waals surface area contributed by atoms with Gasteiger partial charge in [-0.15, -0.1) is 0 Å². The summed E-state index contributed by atoms with van der Waals surface area (Å²) in [6, 6.07) is 7.56.